The molecule has 1 N–H and O–H groups in total. The van der Waals surface area contributed by atoms with E-state index in [1.165, 1.54) is 10.5 Å². The third kappa shape index (κ3) is 2.52. The summed E-state index contributed by atoms with van der Waals surface area (Å²) in [5.74, 6) is -0.909. The van der Waals surface area contributed by atoms with Gasteiger partial charge in [0.25, 0.3) is 0 Å². The minimum atomic E-state index is -0.239. The third-order valence-electron chi connectivity index (χ3n) is 5.70. The molecule has 1 aromatic rings. The van der Waals surface area contributed by atoms with Crippen molar-refractivity contribution in [1.29, 1.82) is 0 Å². The number of rotatable bonds is 3. The van der Waals surface area contributed by atoms with Crippen LogP contribution < -0.4 is 5.32 Å². The first-order chi connectivity index (χ1) is 11.6. The van der Waals surface area contributed by atoms with Gasteiger partial charge in [0, 0.05) is 0 Å². The molecule has 0 bridgehead atoms. The zero-order valence-corrected chi connectivity index (χ0v) is 13.7. The highest BCUT2D eigenvalue weighted by Gasteiger charge is 2.48. The van der Waals surface area contributed by atoms with Crippen molar-refractivity contribution in [3.8, 4) is 0 Å². The highest BCUT2D eigenvalue weighted by molar-refractivity contribution is 6.07. The van der Waals surface area contributed by atoms with Gasteiger partial charge in [-0.05, 0) is 36.8 Å². The monoisotopic (exact) mass is 326 g/mol. The lowest BCUT2D eigenvalue weighted by Crippen LogP contribution is -2.41. The maximum Gasteiger partial charge on any atom is 0.240 e. The van der Waals surface area contributed by atoms with Gasteiger partial charge in [0.15, 0.2) is 0 Å². The molecule has 1 aliphatic heterocycles. The molecule has 126 valence electrons. The SMILES string of the molecule is O=C(CN1C(=O)[C@H]2CCCC[C@H]2C1=O)N[C@H]1CCc2ccccc21. The van der Waals surface area contributed by atoms with Crippen LogP contribution in [0.4, 0.5) is 0 Å². The van der Waals surface area contributed by atoms with E-state index < -0.39 is 0 Å². The standard InChI is InChI=1S/C19H22N2O3/c22-17(20-16-10-9-12-5-1-2-6-13(12)16)11-21-18(23)14-7-3-4-8-15(14)19(21)24/h1-2,5-6,14-16H,3-4,7-11H2,(H,20,22)/t14-,15+,16-/m0/s1. The van der Waals surface area contributed by atoms with Gasteiger partial charge >= 0.3 is 0 Å². The van der Waals surface area contributed by atoms with Gasteiger partial charge in [0.05, 0.1) is 17.9 Å². The van der Waals surface area contributed by atoms with Crippen LogP contribution in [0.2, 0.25) is 0 Å². The van der Waals surface area contributed by atoms with Crippen molar-refractivity contribution in [2.24, 2.45) is 11.8 Å². The number of likely N-dealkylation sites (tertiary alicyclic amines) is 1. The van der Waals surface area contributed by atoms with Gasteiger partial charge in [-0.1, -0.05) is 37.1 Å². The Morgan fingerprint density at radius 3 is 2.42 bits per heavy atom. The number of hydrogen-bond acceptors (Lipinski definition) is 3. The van der Waals surface area contributed by atoms with Crippen LogP contribution in [-0.2, 0) is 20.8 Å². The van der Waals surface area contributed by atoms with Crippen molar-refractivity contribution >= 4 is 17.7 Å². The predicted molar refractivity (Wildman–Crippen MR) is 87.8 cm³/mol. The summed E-state index contributed by atoms with van der Waals surface area (Å²) in [4.78, 5) is 38.5. The molecule has 0 unspecified atom stereocenters. The van der Waals surface area contributed by atoms with Crippen molar-refractivity contribution < 1.29 is 14.4 Å². The molecular formula is C19H22N2O3. The summed E-state index contributed by atoms with van der Waals surface area (Å²) < 4.78 is 0. The summed E-state index contributed by atoms with van der Waals surface area (Å²) in [5, 5.41) is 3.00. The van der Waals surface area contributed by atoms with Gasteiger partial charge in [0.1, 0.15) is 6.54 Å². The summed E-state index contributed by atoms with van der Waals surface area (Å²) in [5.41, 5.74) is 2.42. The van der Waals surface area contributed by atoms with Crippen LogP contribution in [-0.4, -0.2) is 29.2 Å². The Balaban J connectivity index is 1.42. The number of nitrogens with zero attached hydrogens (tertiary/aromatic N) is 1. The first kappa shape index (κ1) is 15.4. The van der Waals surface area contributed by atoms with Gasteiger partial charge in [0.2, 0.25) is 17.7 Å². The van der Waals surface area contributed by atoms with Crippen LogP contribution >= 0.6 is 0 Å². The Hall–Kier alpha value is -2.17. The van der Waals surface area contributed by atoms with Crippen molar-refractivity contribution in [1.82, 2.24) is 10.2 Å². The lowest BCUT2D eigenvalue weighted by Gasteiger charge is -2.19. The fourth-order valence-electron chi connectivity index (χ4n) is 4.48. The molecule has 1 heterocycles. The van der Waals surface area contributed by atoms with Gasteiger partial charge in [-0.2, -0.15) is 0 Å². The normalized spacial score (nSPS) is 28.7. The lowest BCUT2D eigenvalue weighted by molar-refractivity contribution is -0.143. The summed E-state index contributed by atoms with van der Waals surface area (Å²) in [6.45, 7) is -0.136. The molecule has 1 saturated heterocycles. The number of amides is 3. The van der Waals surface area contributed by atoms with Crippen molar-refractivity contribution in [3.05, 3.63) is 35.4 Å². The number of fused-ring (bicyclic) bond motifs is 2. The van der Waals surface area contributed by atoms with Crippen LogP contribution in [0.25, 0.3) is 0 Å². The van der Waals surface area contributed by atoms with Gasteiger partial charge in [-0.15, -0.1) is 0 Å². The van der Waals surface area contributed by atoms with E-state index in [-0.39, 0.29) is 42.1 Å². The van der Waals surface area contributed by atoms with E-state index in [0.717, 1.165) is 44.1 Å². The largest absolute Gasteiger partial charge is 0.348 e. The van der Waals surface area contributed by atoms with Crippen LogP contribution in [0.5, 0.6) is 0 Å². The molecule has 1 aromatic carbocycles. The minimum Gasteiger partial charge on any atom is -0.348 e. The topological polar surface area (TPSA) is 66.5 Å². The number of carbonyl (C=O) groups excluding carboxylic acids is 3. The fraction of sp³-hybridized carbons (Fsp3) is 0.526. The van der Waals surface area contributed by atoms with Crippen LogP contribution in [0.1, 0.15) is 49.3 Å². The van der Waals surface area contributed by atoms with E-state index in [0.29, 0.717) is 0 Å². The minimum absolute atomic E-state index is 0.0104. The van der Waals surface area contributed by atoms with Crippen molar-refractivity contribution in [3.63, 3.8) is 0 Å². The van der Waals surface area contributed by atoms with E-state index in [1.54, 1.807) is 0 Å². The molecule has 0 radical (unpaired) electrons. The third-order valence-corrected chi connectivity index (χ3v) is 5.70. The molecule has 4 rings (SSSR count). The van der Waals surface area contributed by atoms with Gasteiger partial charge in [-0.25, -0.2) is 0 Å². The molecule has 2 aliphatic carbocycles. The molecular weight excluding hydrogens is 304 g/mol. The number of hydrogen-bond donors (Lipinski definition) is 1. The van der Waals surface area contributed by atoms with E-state index in [4.69, 9.17) is 0 Å². The molecule has 0 aromatic heterocycles. The molecule has 1 saturated carbocycles. The molecule has 2 fully saturated rings. The number of carbonyl (C=O) groups is 3. The first-order valence-electron chi connectivity index (χ1n) is 8.87. The Morgan fingerprint density at radius 1 is 1.04 bits per heavy atom. The number of benzene rings is 1. The predicted octanol–water partition coefficient (Wildman–Crippen LogP) is 1.97. The summed E-state index contributed by atoms with van der Waals surface area (Å²) in [6.07, 6.45) is 5.38. The Morgan fingerprint density at radius 2 is 1.71 bits per heavy atom. The molecule has 3 amide bonds. The lowest BCUT2D eigenvalue weighted by atomic mass is 9.81. The average molecular weight is 326 g/mol. The Bertz CT molecular complexity index is 676. The quantitative estimate of drug-likeness (QED) is 0.864. The van der Waals surface area contributed by atoms with E-state index in [9.17, 15) is 14.4 Å². The maximum atomic E-state index is 12.4. The van der Waals surface area contributed by atoms with Crippen LogP contribution in [0.3, 0.4) is 0 Å². The molecule has 24 heavy (non-hydrogen) atoms. The second kappa shape index (κ2) is 6.04. The fourth-order valence-corrected chi connectivity index (χ4v) is 4.48. The van der Waals surface area contributed by atoms with Gasteiger partial charge in [-0.3, -0.25) is 19.3 Å². The molecule has 3 aliphatic rings. The molecule has 3 atom stereocenters. The number of nitrogens with one attached hydrogen (secondary N) is 1. The Kier molecular flexibility index (Phi) is 3.87. The zero-order valence-electron chi connectivity index (χ0n) is 13.7. The maximum absolute atomic E-state index is 12.4. The summed E-state index contributed by atoms with van der Waals surface area (Å²) in [6, 6.07) is 8.09. The molecule has 5 heteroatoms. The summed E-state index contributed by atoms with van der Waals surface area (Å²) >= 11 is 0. The van der Waals surface area contributed by atoms with Crippen molar-refractivity contribution in [2.75, 3.05) is 6.54 Å². The number of imide groups is 1. The van der Waals surface area contributed by atoms with Crippen molar-refractivity contribution in [2.45, 2.75) is 44.6 Å². The van der Waals surface area contributed by atoms with Crippen LogP contribution in [0.15, 0.2) is 24.3 Å². The first-order valence-corrected chi connectivity index (χ1v) is 8.87. The van der Waals surface area contributed by atoms with E-state index in [2.05, 4.69) is 11.4 Å². The molecule has 5 nitrogen and oxygen atoms in total. The average Bonchev–Trinajstić information content (AvgIpc) is 3.11. The second-order valence-corrected chi connectivity index (χ2v) is 7.12. The number of aryl methyl sites for hydroxylation is 1. The van der Waals surface area contributed by atoms with Crippen LogP contribution in [0, 0.1) is 11.8 Å². The second-order valence-electron chi connectivity index (χ2n) is 7.12. The van der Waals surface area contributed by atoms with E-state index >= 15 is 0 Å². The highest BCUT2D eigenvalue weighted by atomic mass is 16.2. The zero-order chi connectivity index (χ0) is 16.7. The summed E-state index contributed by atoms with van der Waals surface area (Å²) in [7, 11) is 0. The highest BCUT2D eigenvalue weighted by Crippen LogP contribution is 2.38. The smallest absolute Gasteiger partial charge is 0.240 e. The molecule has 0 spiro atoms. The van der Waals surface area contributed by atoms with Gasteiger partial charge < -0.3 is 5.32 Å². The Labute approximate surface area is 141 Å². The van der Waals surface area contributed by atoms with E-state index in [1.807, 2.05) is 18.2 Å².